The maximum atomic E-state index is 13.5. The van der Waals surface area contributed by atoms with Crippen molar-refractivity contribution in [3.05, 3.63) is 102 Å². The van der Waals surface area contributed by atoms with Crippen molar-refractivity contribution < 1.29 is 4.79 Å². The number of carbonyl (C=O) groups is 1. The summed E-state index contributed by atoms with van der Waals surface area (Å²) in [5, 5.41) is 0. The number of piperazine rings is 1. The second-order valence-corrected chi connectivity index (χ2v) is 7.53. The number of amides is 1. The van der Waals surface area contributed by atoms with Crippen LogP contribution in [0.4, 0.5) is 0 Å². The van der Waals surface area contributed by atoms with E-state index < -0.39 is 0 Å². The minimum absolute atomic E-state index is 0. The monoisotopic (exact) mass is 421 g/mol. The minimum Gasteiger partial charge on any atom is -0.339 e. The molecule has 1 saturated heterocycles. The smallest absolute Gasteiger partial charge is 0.234 e. The van der Waals surface area contributed by atoms with Gasteiger partial charge < -0.3 is 4.90 Å². The molecule has 0 aliphatic carbocycles. The van der Waals surface area contributed by atoms with Gasteiger partial charge in [0.1, 0.15) is 0 Å². The van der Waals surface area contributed by atoms with Crippen molar-refractivity contribution in [1.29, 1.82) is 0 Å². The summed E-state index contributed by atoms with van der Waals surface area (Å²) in [5.41, 5.74) is 3.43. The zero-order valence-electron chi connectivity index (χ0n) is 17.1. The van der Waals surface area contributed by atoms with Gasteiger partial charge in [-0.25, -0.2) is 0 Å². The fourth-order valence-electron chi connectivity index (χ4n) is 3.98. The predicted octanol–water partition coefficient (Wildman–Crippen LogP) is 4.02. The minimum atomic E-state index is -0.235. The van der Waals surface area contributed by atoms with Crippen LogP contribution >= 0.6 is 12.4 Å². The van der Waals surface area contributed by atoms with Gasteiger partial charge in [0.25, 0.3) is 0 Å². The Morgan fingerprint density at radius 1 is 0.800 bits per heavy atom. The van der Waals surface area contributed by atoms with E-state index >= 15 is 0 Å². The molecule has 1 amide bonds. The molecule has 5 heteroatoms. The highest BCUT2D eigenvalue weighted by Gasteiger charge is 2.29. The van der Waals surface area contributed by atoms with Gasteiger partial charge in [0.15, 0.2) is 0 Å². The highest BCUT2D eigenvalue weighted by Crippen LogP contribution is 2.27. The highest BCUT2D eigenvalue weighted by molar-refractivity contribution is 5.87. The first kappa shape index (κ1) is 22.0. The molecule has 4 nitrogen and oxygen atoms in total. The first-order chi connectivity index (χ1) is 14.3. The molecule has 0 unspecified atom stereocenters. The number of benzene rings is 2. The van der Waals surface area contributed by atoms with Crippen LogP contribution in [0.25, 0.3) is 0 Å². The van der Waals surface area contributed by atoms with Crippen LogP contribution < -0.4 is 0 Å². The second-order valence-electron chi connectivity index (χ2n) is 7.53. The van der Waals surface area contributed by atoms with E-state index in [-0.39, 0.29) is 24.2 Å². The number of aromatic nitrogens is 1. The number of nitrogens with zero attached hydrogens (tertiary/aromatic N) is 3. The molecule has 0 N–H and O–H groups in total. The lowest BCUT2D eigenvalue weighted by atomic mass is 9.90. The summed E-state index contributed by atoms with van der Waals surface area (Å²) in [4.78, 5) is 22.0. The molecule has 1 aliphatic rings. The molecule has 2 heterocycles. The van der Waals surface area contributed by atoms with Gasteiger partial charge in [0.05, 0.1) is 5.92 Å². The first-order valence-corrected chi connectivity index (χ1v) is 10.3. The van der Waals surface area contributed by atoms with E-state index in [4.69, 9.17) is 0 Å². The summed E-state index contributed by atoms with van der Waals surface area (Å²) >= 11 is 0. The molecule has 3 aromatic rings. The average molecular weight is 422 g/mol. The molecule has 1 aliphatic heterocycles. The van der Waals surface area contributed by atoms with Crippen LogP contribution in [-0.2, 0) is 11.2 Å². The van der Waals surface area contributed by atoms with Crippen LogP contribution in [0.5, 0.6) is 0 Å². The summed E-state index contributed by atoms with van der Waals surface area (Å²) in [6.45, 7) is 4.43. The SMILES string of the molecule is Cl.O=C(C(c1ccccc1)c1ccccc1)N1CCN(CCc2ccncc2)CC1. The number of carbonyl (C=O) groups excluding carboxylic acids is 1. The van der Waals surface area contributed by atoms with E-state index in [1.807, 2.05) is 53.7 Å². The maximum Gasteiger partial charge on any atom is 0.234 e. The number of rotatable bonds is 6. The van der Waals surface area contributed by atoms with Crippen molar-refractivity contribution in [2.45, 2.75) is 12.3 Å². The van der Waals surface area contributed by atoms with Gasteiger partial charge in [-0.3, -0.25) is 14.7 Å². The van der Waals surface area contributed by atoms with Crippen molar-refractivity contribution in [2.24, 2.45) is 0 Å². The highest BCUT2D eigenvalue weighted by atomic mass is 35.5. The molecule has 2 aromatic carbocycles. The zero-order chi connectivity index (χ0) is 19.9. The zero-order valence-corrected chi connectivity index (χ0v) is 17.9. The quantitative estimate of drug-likeness (QED) is 0.603. The van der Waals surface area contributed by atoms with Crippen molar-refractivity contribution in [3.63, 3.8) is 0 Å². The molecule has 0 saturated carbocycles. The summed E-state index contributed by atoms with van der Waals surface area (Å²) in [5.74, 6) is -0.0306. The number of halogens is 1. The molecule has 0 spiro atoms. The Morgan fingerprint density at radius 2 is 1.33 bits per heavy atom. The second kappa shape index (κ2) is 10.9. The Balaban J connectivity index is 0.00000256. The fourth-order valence-corrected chi connectivity index (χ4v) is 3.98. The summed E-state index contributed by atoms with van der Waals surface area (Å²) in [7, 11) is 0. The molecule has 0 radical (unpaired) electrons. The van der Waals surface area contributed by atoms with E-state index in [2.05, 4.69) is 46.3 Å². The molecule has 0 bridgehead atoms. The van der Waals surface area contributed by atoms with Gasteiger partial charge in [0, 0.05) is 45.1 Å². The first-order valence-electron chi connectivity index (χ1n) is 10.3. The molecular formula is C25H28ClN3O. The maximum absolute atomic E-state index is 13.5. The van der Waals surface area contributed by atoms with Gasteiger partial charge in [-0.2, -0.15) is 0 Å². The van der Waals surface area contributed by atoms with Gasteiger partial charge in [-0.05, 0) is 35.2 Å². The van der Waals surface area contributed by atoms with E-state index in [1.165, 1.54) is 5.56 Å². The molecule has 156 valence electrons. The van der Waals surface area contributed by atoms with Crippen LogP contribution in [0.1, 0.15) is 22.6 Å². The molecule has 1 aromatic heterocycles. The third kappa shape index (κ3) is 5.47. The van der Waals surface area contributed by atoms with Crippen LogP contribution in [0.2, 0.25) is 0 Å². The Bertz CT molecular complexity index is 858. The Labute approximate surface area is 185 Å². The molecular weight excluding hydrogens is 394 g/mol. The largest absolute Gasteiger partial charge is 0.339 e. The third-order valence-corrected chi connectivity index (χ3v) is 5.66. The number of hydrogen-bond acceptors (Lipinski definition) is 3. The predicted molar refractivity (Wildman–Crippen MR) is 123 cm³/mol. The summed E-state index contributed by atoms with van der Waals surface area (Å²) in [6.07, 6.45) is 4.71. The Morgan fingerprint density at radius 3 is 1.87 bits per heavy atom. The lowest BCUT2D eigenvalue weighted by Gasteiger charge is -2.36. The number of pyridine rings is 1. The summed E-state index contributed by atoms with van der Waals surface area (Å²) < 4.78 is 0. The molecule has 1 fully saturated rings. The van der Waals surface area contributed by atoms with Crippen molar-refractivity contribution in [3.8, 4) is 0 Å². The van der Waals surface area contributed by atoms with Crippen LogP contribution in [0.3, 0.4) is 0 Å². The average Bonchev–Trinajstić information content (AvgIpc) is 2.80. The van der Waals surface area contributed by atoms with E-state index in [0.717, 1.165) is 50.3 Å². The van der Waals surface area contributed by atoms with Gasteiger partial charge in [-0.1, -0.05) is 60.7 Å². The standard InChI is InChI=1S/C25H27N3O.ClH/c29-25(24(22-7-3-1-4-8-22)23-9-5-2-6-10-23)28-19-17-27(18-20-28)16-13-21-11-14-26-15-12-21;/h1-12,14-15,24H,13,16-20H2;1H. The fraction of sp³-hybridized carbons (Fsp3) is 0.280. The van der Waals surface area contributed by atoms with Gasteiger partial charge in [-0.15, -0.1) is 12.4 Å². The molecule has 0 atom stereocenters. The molecule has 4 rings (SSSR count). The van der Waals surface area contributed by atoms with Crippen molar-refractivity contribution >= 4 is 18.3 Å². The van der Waals surface area contributed by atoms with E-state index in [1.54, 1.807) is 0 Å². The summed E-state index contributed by atoms with van der Waals surface area (Å²) in [6, 6.07) is 24.4. The normalized spacial score (nSPS) is 14.4. The molecule has 30 heavy (non-hydrogen) atoms. The van der Waals surface area contributed by atoms with Gasteiger partial charge >= 0.3 is 0 Å². The van der Waals surface area contributed by atoms with Crippen molar-refractivity contribution in [2.75, 3.05) is 32.7 Å². The van der Waals surface area contributed by atoms with Crippen LogP contribution in [0, 0.1) is 0 Å². The lowest BCUT2D eigenvalue weighted by Crippen LogP contribution is -2.50. The topological polar surface area (TPSA) is 36.4 Å². The third-order valence-electron chi connectivity index (χ3n) is 5.66. The van der Waals surface area contributed by atoms with Crippen LogP contribution in [-0.4, -0.2) is 53.4 Å². The number of hydrogen-bond donors (Lipinski definition) is 0. The Kier molecular flexibility index (Phi) is 8.00. The lowest BCUT2D eigenvalue weighted by molar-refractivity contribution is -0.133. The Hall–Kier alpha value is -2.69. The van der Waals surface area contributed by atoms with Gasteiger partial charge in [0.2, 0.25) is 5.91 Å². The van der Waals surface area contributed by atoms with E-state index in [0.29, 0.717) is 0 Å². The van der Waals surface area contributed by atoms with Crippen molar-refractivity contribution in [1.82, 2.24) is 14.8 Å². The van der Waals surface area contributed by atoms with E-state index in [9.17, 15) is 4.79 Å². The van der Waals surface area contributed by atoms with Crippen LogP contribution in [0.15, 0.2) is 85.2 Å².